The molecule has 2 rings (SSSR count). The molecule has 0 bridgehead atoms. The van der Waals surface area contributed by atoms with Gasteiger partial charge in [-0.05, 0) is 32.1 Å². The van der Waals surface area contributed by atoms with Gasteiger partial charge in [-0.25, -0.2) is 0 Å². The summed E-state index contributed by atoms with van der Waals surface area (Å²) in [7, 11) is 2.08. The predicted octanol–water partition coefficient (Wildman–Crippen LogP) is 4.16. The van der Waals surface area contributed by atoms with Crippen molar-refractivity contribution in [1.82, 2.24) is 4.57 Å². The van der Waals surface area contributed by atoms with E-state index in [9.17, 15) is 0 Å². The third kappa shape index (κ3) is 1.49. The first-order valence-electron chi connectivity index (χ1n) is 5.53. The summed E-state index contributed by atoms with van der Waals surface area (Å²) in [4.78, 5) is 0. The number of allylic oxidation sites excluding steroid dienone is 1. The molecule has 0 atom stereocenters. The molecule has 1 heteroatoms. The summed E-state index contributed by atoms with van der Waals surface area (Å²) in [5.74, 6) is 0. The molecule has 0 amide bonds. The Morgan fingerprint density at radius 2 is 2.06 bits per heavy atom. The lowest BCUT2D eigenvalue weighted by molar-refractivity contribution is 0.953. The second kappa shape index (κ2) is 4.01. The van der Waals surface area contributed by atoms with Crippen molar-refractivity contribution < 1.29 is 0 Å². The second-order valence-corrected chi connectivity index (χ2v) is 4.08. The number of rotatable bonds is 2. The van der Waals surface area contributed by atoms with Crippen LogP contribution in [0.1, 0.15) is 23.7 Å². The van der Waals surface area contributed by atoms with Crippen LogP contribution in [0, 0.1) is 6.92 Å². The van der Waals surface area contributed by atoms with Crippen LogP contribution in [0.15, 0.2) is 30.9 Å². The molecule has 2 aromatic rings. The molecule has 0 radical (unpaired) electrons. The predicted molar refractivity (Wildman–Crippen MR) is 72.5 cm³/mol. The van der Waals surface area contributed by atoms with Gasteiger partial charge in [0.2, 0.25) is 0 Å². The lowest BCUT2D eigenvalue weighted by Gasteiger charge is -1.98. The summed E-state index contributed by atoms with van der Waals surface area (Å²) >= 11 is 0. The molecule has 1 aromatic heterocycles. The summed E-state index contributed by atoms with van der Waals surface area (Å²) in [6.07, 6.45) is 6.15. The molecule has 0 saturated heterocycles. The number of aryl methyl sites for hydroxylation is 2. The second-order valence-electron chi connectivity index (χ2n) is 4.08. The largest absolute Gasteiger partial charge is 0.344 e. The molecular weight excluding hydrogens is 194 g/mol. The van der Waals surface area contributed by atoms with Gasteiger partial charge < -0.3 is 4.57 Å². The first-order chi connectivity index (χ1) is 7.69. The molecule has 1 nitrogen and oxygen atoms in total. The van der Waals surface area contributed by atoms with Crippen molar-refractivity contribution in [2.75, 3.05) is 0 Å². The first kappa shape index (κ1) is 10.7. The molecular formula is C15H17N. The van der Waals surface area contributed by atoms with Crippen molar-refractivity contribution in [3.05, 3.63) is 47.7 Å². The minimum absolute atomic E-state index is 1.18. The van der Waals surface area contributed by atoms with Gasteiger partial charge in [0, 0.05) is 29.2 Å². The van der Waals surface area contributed by atoms with Crippen molar-refractivity contribution in [2.45, 2.75) is 13.8 Å². The number of hydrogen-bond donors (Lipinski definition) is 0. The number of benzene rings is 1. The van der Waals surface area contributed by atoms with Gasteiger partial charge in [0.25, 0.3) is 0 Å². The third-order valence-corrected chi connectivity index (χ3v) is 2.97. The molecule has 0 aliphatic carbocycles. The van der Waals surface area contributed by atoms with Crippen molar-refractivity contribution in [2.24, 2.45) is 7.05 Å². The third-order valence-electron chi connectivity index (χ3n) is 2.97. The highest BCUT2D eigenvalue weighted by molar-refractivity contribution is 5.94. The average Bonchev–Trinajstić information content (AvgIpc) is 2.52. The lowest BCUT2D eigenvalue weighted by Crippen LogP contribution is -1.90. The van der Waals surface area contributed by atoms with E-state index in [1.54, 1.807) is 0 Å². The van der Waals surface area contributed by atoms with Crippen LogP contribution in [0.5, 0.6) is 0 Å². The normalized spacial score (nSPS) is 11.4. The van der Waals surface area contributed by atoms with Gasteiger partial charge in [-0.2, -0.15) is 0 Å². The highest BCUT2D eigenvalue weighted by Gasteiger charge is 2.10. The Labute approximate surface area is 96.7 Å². The Morgan fingerprint density at radius 3 is 2.69 bits per heavy atom. The Bertz CT molecular complexity index is 571. The maximum Gasteiger partial charge on any atom is 0.0488 e. The molecule has 0 unspecified atom stereocenters. The SMILES string of the molecule is C=Cc1c(/C=C\C)c2cc(C)ccc2n1C. The number of nitrogens with zero attached hydrogens (tertiary/aromatic N) is 1. The van der Waals surface area contributed by atoms with Gasteiger partial charge in [-0.3, -0.25) is 0 Å². The molecule has 0 saturated carbocycles. The molecule has 0 N–H and O–H groups in total. The zero-order valence-corrected chi connectivity index (χ0v) is 10.1. The van der Waals surface area contributed by atoms with Gasteiger partial charge in [0.05, 0.1) is 0 Å². The van der Waals surface area contributed by atoms with Gasteiger partial charge >= 0.3 is 0 Å². The van der Waals surface area contributed by atoms with E-state index in [0.29, 0.717) is 0 Å². The fourth-order valence-electron chi connectivity index (χ4n) is 2.20. The summed E-state index contributed by atoms with van der Waals surface area (Å²) in [6, 6.07) is 6.55. The zero-order valence-electron chi connectivity index (χ0n) is 10.1. The lowest BCUT2D eigenvalue weighted by atomic mass is 10.1. The van der Waals surface area contributed by atoms with E-state index in [-0.39, 0.29) is 0 Å². The van der Waals surface area contributed by atoms with E-state index in [0.717, 1.165) is 0 Å². The highest BCUT2D eigenvalue weighted by atomic mass is 14.9. The van der Waals surface area contributed by atoms with Crippen LogP contribution in [0.2, 0.25) is 0 Å². The molecule has 0 aliphatic rings. The molecule has 0 spiro atoms. The quantitative estimate of drug-likeness (QED) is 0.702. The van der Waals surface area contributed by atoms with Crippen LogP contribution < -0.4 is 0 Å². The Kier molecular flexibility index (Phi) is 2.69. The fourth-order valence-corrected chi connectivity index (χ4v) is 2.20. The van der Waals surface area contributed by atoms with Crippen LogP contribution in [0.25, 0.3) is 23.1 Å². The standard InChI is InChI=1S/C15H17N/c1-5-7-12-13-10-11(3)8-9-15(13)16(4)14(12)6-2/h5-10H,2H2,1,3-4H3/b7-5-. The molecule has 0 fully saturated rings. The molecule has 0 aliphatic heterocycles. The van der Waals surface area contributed by atoms with Crippen LogP contribution in [0.4, 0.5) is 0 Å². The van der Waals surface area contributed by atoms with Crippen LogP contribution in [-0.2, 0) is 7.05 Å². The van der Waals surface area contributed by atoms with Crippen LogP contribution >= 0.6 is 0 Å². The molecule has 16 heavy (non-hydrogen) atoms. The van der Waals surface area contributed by atoms with Gasteiger partial charge in [-0.1, -0.05) is 30.4 Å². The molecule has 82 valence electrons. The van der Waals surface area contributed by atoms with Crippen molar-refractivity contribution >= 4 is 23.1 Å². The zero-order chi connectivity index (χ0) is 11.7. The van der Waals surface area contributed by atoms with Crippen molar-refractivity contribution in [1.29, 1.82) is 0 Å². The maximum atomic E-state index is 3.90. The van der Waals surface area contributed by atoms with E-state index in [4.69, 9.17) is 0 Å². The van der Waals surface area contributed by atoms with Gasteiger partial charge in [0.1, 0.15) is 0 Å². The fraction of sp³-hybridized carbons (Fsp3) is 0.200. The van der Waals surface area contributed by atoms with E-state index < -0.39 is 0 Å². The summed E-state index contributed by atoms with van der Waals surface area (Å²) in [6.45, 7) is 8.07. The minimum Gasteiger partial charge on any atom is -0.344 e. The van der Waals surface area contributed by atoms with Crippen LogP contribution in [0.3, 0.4) is 0 Å². The summed E-state index contributed by atoms with van der Waals surface area (Å²) in [5.41, 5.74) is 4.99. The van der Waals surface area contributed by atoms with E-state index in [2.05, 4.69) is 55.5 Å². The first-order valence-corrected chi connectivity index (χ1v) is 5.53. The van der Waals surface area contributed by atoms with E-state index in [1.807, 2.05) is 13.0 Å². The Hall–Kier alpha value is -1.76. The van der Waals surface area contributed by atoms with Gasteiger partial charge in [-0.15, -0.1) is 0 Å². The molecule has 1 aromatic carbocycles. The summed E-state index contributed by atoms with van der Waals surface area (Å²) < 4.78 is 2.19. The molecule has 1 heterocycles. The topological polar surface area (TPSA) is 4.93 Å². The smallest absolute Gasteiger partial charge is 0.0488 e. The van der Waals surface area contributed by atoms with Crippen molar-refractivity contribution in [3.63, 3.8) is 0 Å². The summed E-state index contributed by atoms with van der Waals surface area (Å²) in [5, 5.41) is 1.30. The van der Waals surface area contributed by atoms with E-state index in [1.165, 1.54) is 27.7 Å². The number of hydrogen-bond acceptors (Lipinski definition) is 0. The maximum absolute atomic E-state index is 3.90. The highest BCUT2D eigenvalue weighted by Crippen LogP contribution is 2.28. The Balaban J connectivity index is 2.92. The van der Waals surface area contributed by atoms with Crippen LogP contribution in [-0.4, -0.2) is 4.57 Å². The monoisotopic (exact) mass is 211 g/mol. The number of aromatic nitrogens is 1. The average molecular weight is 211 g/mol. The minimum atomic E-state index is 1.18. The Morgan fingerprint density at radius 1 is 1.31 bits per heavy atom. The van der Waals surface area contributed by atoms with Gasteiger partial charge in [0.15, 0.2) is 0 Å². The number of fused-ring (bicyclic) bond motifs is 1. The van der Waals surface area contributed by atoms with E-state index >= 15 is 0 Å². The van der Waals surface area contributed by atoms with Crippen molar-refractivity contribution in [3.8, 4) is 0 Å².